The van der Waals surface area contributed by atoms with Crippen LogP contribution in [0.3, 0.4) is 0 Å². The van der Waals surface area contributed by atoms with Gasteiger partial charge in [0.1, 0.15) is 0 Å². The predicted octanol–water partition coefficient (Wildman–Crippen LogP) is 3.03. The summed E-state index contributed by atoms with van der Waals surface area (Å²) in [5.41, 5.74) is 0.612. The van der Waals surface area contributed by atoms with Crippen LogP contribution in [0.1, 0.15) is 43.5 Å². The highest BCUT2D eigenvalue weighted by Crippen LogP contribution is 2.28. The fraction of sp³-hybridized carbons (Fsp3) is 0.611. The monoisotopic (exact) mass is 356 g/mol. The van der Waals surface area contributed by atoms with Crippen molar-refractivity contribution in [3.8, 4) is 11.5 Å². The minimum absolute atomic E-state index is 0. The van der Waals surface area contributed by atoms with Gasteiger partial charge in [-0.3, -0.25) is 4.79 Å². The van der Waals surface area contributed by atoms with Gasteiger partial charge < -0.3 is 20.1 Å². The first-order valence-electron chi connectivity index (χ1n) is 8.63. The number of benzene rings is 1. The zero-order valence-electron chi connectivity index (χ0n) is 14.6. The molecule has 1 unspecified atom stereocenters. The summed E-state index contributed by atoms with van der Waals surface area (Å²) in [6, 6.07) is 5.38. The van der Waals surface area contributed by atoms with Crippen molar-refractivity contribution < 1.29 is 14.3 Å². The van der Waals surface area contributed by atoms with E-state index in [1.165, 1.54) is 12.8 Å². The predicted molar refractivity (Wildman–Crippen MR) is 98.6 cm³/mol. The van der Waals surface area contributed by atoms with Crippen LogP contribution in [0.15, 0.2) is 18.2 Å². The molecule has 5 nitrogen and oxygen atoms in total. The normalized spacial score (nSPS) is 16.8. The lowest BCUT2D eigenvalue weighted by atomic mass is 9.99. The van der Waals surface area contributed by atoms with Crippen molar-refractivity contribution in [2.24, 2.45) is 5.92 Å². The zero-order chi connectivity index (χ0) is 16.5. The van der Waals surface area contributed by atoms with Crippen LogP contribution in [-0.4, -0.2) is 38.8 Å². The van der Waals surface area contributed by atoms with Crippen LogP contribution in [0.2, 0.25) is 0 Å². The van der Waals surface area contributed by atoms with E-state index in [-0.39, 0.29) is 18.3 Å². The zero-order valence-corrected chi connectivity index (χ0v) is 15.4. The van der Waals surface area contributed by atoms with Crippen molar-refractivity contribution in [3.63, 3.8) is 0 Å². The summed E-state index contributed by atoms with van der Waals surface area (Å²) in [5, 5.41) is 6.39. The fourth-order valence-electron chi connectivity index (χ4n) is 2.69. The van der Waals surface area contributed by atoms with Crippen molar-refractivity contribution in [2.75, 3.05) is 32.8 Å². The molecule has 1 aromatic rings. The summed E-state index contributed by atoms with van der Waals surface area (Å²) >= 11 is 0. The maximum atomic E-state index is 12.3. The quantitative estimate of drug-likeness (QED) is 0.751. The van der Waals surface area contributed by atoms with Gasteiger partial charge in [-0.25, -0.2) is 0 Å². The Morgan fingerprint density at radius 2 is 2.12 bits per heavy atom. The molecule has 2 rings (SSSR count). The van der Waals surface area contributed by atoms with E-state index in [0.717, 1.165) is 19.5 Å². The number of carbonyl (C=O) groups excluding carboxylic acids is 1. The van der Waals surface area contributed by atoms with Gasteiger partial charge in [-0.1, -0.05) is 6.92 Å². The van der Waals surface area contributed by atoms with Gasteiger partial charge in [-0.15, -0.1) is 12.4 Å². The number of piperidine rings is 1. The molecule has 0 bridgehead atoms. The number of hydrogen-bond acceptors (Lipinski definition) is 4. The minimum Gasteiger partial charge on any atom is -0.490 e. The van der Waals surface area contributed by atoms with Crippen LogP contribution < -0.4 is 20.1 Å². The minimum atomic E-state index is -0.0569. The lowest BCUT2D eigenvalue weighted by Gasteiger charge is -2.23. The molecule has 0 aromatic heterocycles. The second-order valence-corrected chi connectivity index (χ2v) is 5.87. The van der Waals surface area contributed by atoms with Crippen LogP contribution in [0.25, 0.3) is 0 Å². The number of amides is 1. The van der Waals surface area contributed by atoms with Gasteiger partial charge in [0.05, 0.1) is 13.2 Å². The number of nitrogens with one attached hydrogen (secondary N) is 2. The molecular weight excluding hydrogens is 328 g/mol. The molecule has 24 heavy (non-hydrogen) atoms. The summed E-state index contributed by atoms with van der Waals surface area (Å²) in [7, 11) is 0. The smallest absolute Gasteiger partial charge is 0.251 e. The molecule has 1 atom stereocenters. The molecule has 6 heteroatoms. The summed E-state index contributed by atoms with van der Waals surface area (Å²) in [6.45, 7) is 7.94. The summed E-state index contributed by atoms with van der Waals surface area (Å²) < 4.78 is 11.3. The maximum absolute atomic E-state index is 12.3. The number of ether oxygens (including phenoxy) is 2. The van der Waals surface area contributed by atoms with Crippen molar-refractivity contribution in [1.82, 2.24) is 10.6 Å². The Bertz CT molecular complexity index is 505. The average Bonchev–Trinajstić information content (AvgIpc) is 2.59. The molecule has 1 aromatic carbocycles. The molecule has 1 saturated heterocycles. The molecular formula is C18H29ClN2O3. The second-order valence-electron chi connectivity index (χ2n) is 5.87. The Morgan fingerprint density at radius 3 is 2.79 bits per heavy atom. The molecule has 0 radical (unpaired) electrons. The first-order chi connectivity index (χ1) is 11.2. The highest BCUT2D eigenvalue weighted by atomic mass is 35.5. The van der Waals surface area contributed by atoms with Crippen molar-refractivity contribution in [2.45, 2.75) is 33.1 Å². The second kappa shape index (κ2) is 11.2. The lowest BCUT2D eigenvalue weighted by Crippen LogP contribution is -2.38. The SMILES string of the molecule is CCCOc1ccc(C(=O)NCC2CCCNC2)cc1OCC.Cl. The molecule has 2 N–H and O–H groups in total. The third-order valence-corrected chi connectivity index (χ3v) is 3.92. The number of hydrogen-bond donors (Lipinski definition) is 2. The molecule has 0 spiro atoms. The van der Waals surface area contributed by atoms with E-state index in [1.807, 2.05) is 13.0 Å². The Hall–Kier alpha value is -1.46. The van der Waals surface area contributed by atoms with Crippen LogP contribution in [0.5, 0.6) is 11.5 Å². The number of halogens is 1. The third kappa shape index (κ3) is 6.21. The fourth-order valence-corrected chi connectivity index (χ4v) is 2.69. The highest BCUT2D eigenvalue weighted by Gasteiger charge is 2.16. The molecule has 0 saturated carbocycles. The van der Waals surface area contributed by atoms with Crippen molar-refractivity contribution in [3.05, 3.63) is 23.8 Å². The molecule has 1 heterocycles. The van der Waals surface area contributed by atoms with E-state index in [9.17, 15) is 4.79 Å². The molecule has 1 fully saturated rings. The molecule has 1 amide bonds. The van der Waals surface area contributed by atoms with Crippen LogP contribution >= 0.6 is 12.4 Å². The maximum Gasteiger partial charge on any atom is 0.251 e. The molecule has 1 aliphatic rings. The van der Waals surface area contributed by atoms with Gasteiger partial charge >= 0.3 is 0 Å². The highest BCUT2D eigenvalue weighted by molar-refractivity contribution is 5.94. The van der Waals surface area contributed by atoms with Crippen LogP contribution in [0, 0.1) is 5.92 Å². The largest absolute Gasteiger partial charge is 0.490 e. The lowest BCUT2D eigenvalue weighted by molar-refractivity contribution is 0.0944. The Labute approximate surface area is 150 Å². The average molecular weight is 357 g/mol. The van der Waals surface area contributed by atoms with E-state index in [0.29, 0.717) is 42.7 Å². The Morgan fingerprint density at radius 1 is 1.29 bits per heavy atom. The van der Waals surface area contributed by atoms with Gasteiger partial charge in [-0.2, -0.15) is 0 Å². The standard InChI is InChI=1S/C18H28N2O3.ClH/c1-3-10-23-16-8-7-15(11-17(16)22-4-2)18(21)20-13-14-6-5-9-19-12-14;/h7-8,11,14,19H,3-6,9-10,12-13H2,1-2H3,(H,20,21);1H. The summed E-state index contributed by atoms with van der Waals surface area (Å²) in [6.07, 6.45) is 3.28. The van der Waals surface area contributed by atoms with E-state index < -0.39 is 0 Å². The summed E-state index contributed by atoms with van der Waals surface area (Å²) in [5.74, 6) is 1.79. The number of carbonyl (C=O) groups is 1. The summed E-state index contributed by atoms with van der Waals surface area (Å²) in [4.78, 5) is 12.3. The van der Waals surface area contributed by atoms with E-state index in [2.05, 4.69) is 17.6 Å². The first-order valence-corrected chi connectivity index (χ1v) is 8.63. The van der Waals surface area contributed by atoms with E-state index in [1.54, 1.807) is 12.1 Å². The van der Waals surface area contributed by atoms with Gasteiger partial charge in [0.15, 0.2) is 11.5 Å². The van der Waals surface area contributed by atoms with E-state index in [4.69, 9.17) is 9.47 Å². The molecule has 0 aliphatic carbocycles. The third-order valence-electron chi connectivity index (χ3n) is 3.92. The van der Waals surface area contributed by atoms with Gasteiger partial charge in [0, 0.05) is 12.1 Å². The van der Waals surface area contributed by atoms with Crippen molar-refractivity contribution in [1.29, 1.82) is 0 Å². The van der Waals surface area contributed by atoms with Crippen LogP contribution in [0.4, 0.5) is 0 Å². The molecule has 1 aliphatic heterocycles. The van der Waals surface area contributed by atoms with Crippen molar-refractivity contribution >= 4 is 18.3 Å². The van der Waals surface area contributed by atoms with Gasteiger partial charge in [0.25, 0.3) is 5.91 Å². The Kier molecular flexibility index (Phi) is 9.57. The molecule has 136 valence electrons. The van der Waals surface area contributed by atoms with Gasteiger partial charge in [-0.05, 0) is 63.4 Å². The van der Waals surface area contributed by atoms with E-state index >= 15 is 0 Å². The number of rotatable bonds is 8. The first kappa shape index (κ1) is 20.6. The van der Waals surface area contributed by atoms with Gasteiger partial charge in [0.2, 0.25) is 0 Å². The van der Waals surface area contributed by atoms with Crippen LogP contribution in [-0.2, 0) is 0 Å². The Balaban J connectivity index is 0.00000288. The topological polar surface area (TPSA) is 59.6 Å².